The van der Waals surface area contributed by atoms with Gasteiger partial charge in [0.15, 0.2) is 0 Å². The van der Waals surface area contributed by atoms with Crippen LogP contribution in [0.1, 0.15) is 168 Å². The molecule has 6 nitrogen and oxygen atoms in total. The van der Waals surface area contributed by atoms with Gasteiger partial charge in [-0.1, -0.05) is 110 Å². The molecule has 2 unspecified atom stereocenters. The predicted octanol–water partition coefficient (Wildman–Crippen LogP) is 8.09. The predicted molar refractivity (Wildman–Crippen MR) is 167 cm³/mol. The molecule has 41 heavy (non-hydrogen) atoms. The molecule has 1 fully saturated rings. The maximum atomic E-state index is 11.6. The average Bonchev–Trinajstić information content (AvgIpc) is 3.56. The molecule has 240 valence electrons. The molecule has 2 heterocycles. The van der Waals surface area contributed by atoms with Crippen molar-refractivity contribution in [1.29, 1.82) is 0 Å². The smallest absolute Gasteiger partial charge is 0.334 e. The van der Waals surface area contributed by atoms with E-state index in [-0.39, 0.29) is 18.2 Å². The van der Waals surface area contributed by atoms with E-state index in [4.69, 9.17) is 9.47 Å². The molecule has 3 N–H and O–H groups in total. The second kappa shape index (κ2) is 22.6. The Kier molecular flexibility index (Phi) is 20.0. The minimum Gasteiger partial charge on any atom is -0.455 e. The van der Waals surface area contributed by atoms with Gasteiger partial charge < -0.3 is 24.8 Å². The van der Waals surface area contributed by atoms with E-state index in [0.29, 0.717) is 25.4 Å². The molecule has 0 aromatic rings. The number of aliphatic hydroxyl groups is 3. The zero-order chi connectivity index (χ0) is 29.7. The van der Waals surface area contributed by atoms with E-state index in [9.17, 15) is 20.1 Å². The molecule has 0 saturated carbocycles. The van der Waals surface area contributed by atoms with E-state index in [2.05, 4.69) is 6.92 Å². The van der Waals surface area contributed by atoms with Crippen LogP contribution in [0, 0.1) is 0 Å². The van der Waals surface area contributed by atoms with Crippen molar-refractivity contribution in [2.75, 3.05) is 0 Å². The molecular weight excluding hydrogens is 516 g/mol. The Morgan fingerprint density at radius 2 is 1.27 bits per heavy atom. The summed E-state index contributed by atoms with van der Waals surface area (Å²) < 4.78 is 11.3. The number of carbonyl (C=O) groups excluding carboxylic acids is 1. The Morgan fingerprint density at radius 3 is 1.88 bits per heavy atom. The number of rotatable bonds is 26. The molecule has 2 aliphatic rings. The van der Waals surface area contributed by atoms with Gasteiger partial charge in [0.05, 0.1) is 30.5 Å². The fourth-order valence-electron chi connectivity index (χ4n) is 6.38. The zero-order valence-corrected chi connectivity index (χ0v) is 26.6. The number of unbranched alkanes of at least 4 members (excludes halogenated alkanes) is 14. The molecule has 0 aliphatic carbocycles. The highest BCUT2D eigenvalue weighted by Crippen LogP contribution is 2.28. The van der Waals surface area contributed by atoms with Gasteiger partial charge in [0.2, 0.25) is 0 Å². The zero-order valence-electron chi connectivity index (χ0n) is 26.6. The first-order valence-electron chi connectivity index (χ1n) is 17.5. The van der Waals surface area contributed by atoms with Crippen LogP contribution in [0.15, 0.2) is 11.6 Å². The van der Waals surface area contributed by atoms with Crippen molar-refractivity contribution < 1.29 is 29.6 Å². The minimum atomic E-state index is -0.644. The molecular formula is C35H64O6. The Balaban J connectivity index is 1.36. The summed E-state index contributed by atoms with van der Waals surface area (Å²) in [6.45, 7) is 4.11. The van der Waals surface area contributed by atoms with E-state index in [1.165, 1.54) is 77.0 Å². The van der Waals surface area contributed by atoms with Gasteiger partial charge >= 0.3 is 5.97 Å². The Bertz CT molecular complexity index is 694. The van der Waals surface area contributed by atoms with Crippen LogP contribution in [0.25, 0.3) is 0 Å². The lowest BCUT2D eigenvalue weighted by Crippen LogP contribution is -2.27. The molecule has 2 rings (SSSR count). The molecule has 6 heteroatoms. The summed E-state index contributed by atoms with van der Waals surface area (Å²) in [5.74, 6) is -0.116. The maximum absolute atomic E-state index is 11.6. The van der Waals surface area contributed by atoms with Crippen LogP contribution in [0.5, 0.6) is 0 Å². The highest BCUT2D eigenvalue weighted by atomic mass is 16.5. The molecule has 0 aromatic heterocycles. The number of carbonyl (C=O) groups is 1. The standard InChI is InChI=1S/C35H64O6/c1-3-4-5-12-17-22-31(36)32(37)23-18-19-24-33(38)34-26-25-30(41-34)21-16-14-11-9-7-6-8-10-13-15-20-29-27-28(2)40-35(29)39/h27-28,30-34,36-38H,3-26H2,1-2H3/t28-,30-,31?,32?,33+,34+/m0/s1. The third-order valence-electron chi connectivity index (χ3n) is 9.08. The second-order valence-electron chi connectivity index (χ2n) is 12.9. The van der Waals surface area contributed by atoms with Crippen LogP contribution < -0.4 is 0 Å². The number of cyclic esters (lactones) is 1. The number of ether oxygens (including phenoxy) is 2. The number of aliphatic hydroxyl groups excluding tert-OH is 3. The lowest BCUT2D eigenvalue weighted by atomic mass is 9.98. The lowest BCUT2D eigenvalue weighted by Gasteiger charge is -2.20. The molecule has 0 bridgehead atoms. The lowest BCUT2D eigenvalue weighted by molar-refractivity contribution is -0.139. The minimum absolute atomic E-state index is 0.0362. The molecule has 0 radical (unpaired) electrons. The second-order valence-corrected chi connectivity index (χ2v) is 12.9. The summed E-state index contributed by atoms with van der Waals surface area (Å²) in [5, 5.41) is 31.0. The maximum Gasteiger partial charge on any atom is 0.334 e. The van der Waals surface area contributed by atoms with Crippen LogP contribution in [-0.4, -0.2) is 57.9 Å². The van der Waals surface area contributed by atoms with Crippen LogP contribution in [0.2, 0.25) is 0 Å². The third-order valence-corrected chi connectivity index (χ3v) is 9.08. The summed E-state index contributed by atoms with van der Waals surface area (Å²) in [4.78, 5) is 11.6. The Labute approximate surface area is 251 Å². The summed E-state index contributed by atoms with van der Waals surface area (Å²) in [7, 11) is 0. The van der Waals surface area contributed by atoms with Crippen LogP contribution in [-0.2, 0) is 14.3 Å². The van der Waals surface area contributed by atoms with Crippen molar-refractivity contribution in [1.82, 2.24) is 0 Å². The van der Waals surface area contributed by atoms with Crippen LogP contribution in [0.4, 0.5) is 0 Å². The molecule has 6 atom stereocenters. The van der Waals surface area contributed by atoms with E-state index < -0.39 is 18.3 Å². The molecule has 0 amide bonds. The van der Waals surface area contributed by atoms with Crippen molar-refractivity contribution in [3.8, 4) is 0 Å². The van der Waals surface area contributed by atoms with Crippen LogP contribution >= 0.6 is 0 Å². The van der Waals surface area contributed by atoms with Gasteiger partial charge in [-0.25, -0.2) is 4.79 Å². The van der Waals surface area contributed by atoms with Crippen molar-refractivity contribution >= 4 is 5.97 Å². The van der Waals surface area contributed by atoms with Crippen molar-refractivity contribution in [2.45, 2.75) is 205 Å². The Morgan fingerprint density at radius 1 is 0.732 bits per heavy atom. The fourth-order valence-corrected chi connectivity index (χ4v) is 6.38. The quantitative estimate of drug-likeness (QED) is 0.0707. The van der Waals surface area contributed by atoms with E-state index in [1.807, 2.05) is 13.0 Å². The summed E-state index contributed by atoms with van der Waals surface area (Å²) in [6, 6.07) is 0. The van der Waals surface area contributed by atoms with Crippen molar-refractivity contribution in [3.05, 3.63) is 11.6 Å². The van der Waals surface area contributed by atoms with Crippen LogP contribution in [0.3, 0.4) is 0 Å². The molecule has 2 aliphatic heterocycles. The number of esters is 1. The molecule has 0 aromatic carbocycles. The van der Waals surface area contributed by atoms with Gasteiger partial charge in [0.1, 0.15) is 6.10 Å². The van der Waals surface area contributed by atoms with E-state index in [0.717, 1.165) is 63.4 Å². The van der Waals surface area contributed by atoms with Gasteiger partial charge in [-0.3, -0.25) is 0 Å². The summed E-state index contributed by atoms with van der Waals surface area (Å²) in [5.41, 5.74) is 0.871. The third kappa shape index (κ3) is 16.5. The van der Waals surface area contributed by atoms with Gasteiger partial charge in [-0.15, -0.1) is 0 Å². The number of hydrogen-bond donors (Lipinski definition) is 3. The van der Waals surface area contributed by atoms with E-state index >= 15 is 0 Å². The first-order chi connectivity index (χ1) is 19.9. The van der Waals surface area contributed by atoms with Crippen molar-refractivity contribution in [3.63, 3.8) is 0 Å². The Hall–Kier alpha value is -0.950. The highest BCUT2D eigenvalue weighted by Gasteiger charge is 2.30. The first-order valence-corrected chi connectivity index (χ1v) is 17.5. The normalized spacial score (nSPS) is 23.0. The van der Waals surface area contributed by atoms with Gasteiger partial charge in [-0.2, -0.15) is 0 Å². The van der Waals surface area contributed by atoms with Crippen molar-refractivity contribution in [2.24, 2.45) is 0 Å². The fraction of sp³-hybridized carbons (Fsp3) is 0.914. The molecule has 0 spiro atoms. The highest BCUT2D eigenvalue weighted by molar-refractivity contribution is 5.90. The van der Waals surface area contributed by atoms with Gasteiger partial charge in [-0.05, 0) is 64.4 Å². The number of hydrogen-bond acceptors (Lipinski definition) is 6. The average molecular weight is 581 g/mol. The summed E-state index contributed by atoms with van der Waals surface area (Å²) >= 11 is 0. The SMILES string of the molecule is CCCCCCCC(O)C(O)CCCC[C@@H](O)[C@H]1CC[C@H](CCCCCCCCCCCCC2=C[C@H](C)OC2=O)O1. The molecule has 1 saturated heterocycles. The van der Waals surface area contributed by atoms with Gasteiger partial charge in [0.25, 0.3) is 0 Å². The monoisotopic (exact) mass is 580 g/mol. The summed E-state index contributed by atoms with van der Waals surface area (Å²) in [6.07, 6.45) is 26.5. The van der Waals surface area contributed by atoms with Gasteiger partial charge in [0, 0.05) is 5.57 Å². The first kappa shape index (κ1) is 36.2. The topological polar surface area (TPSA) is 96.2 Å². The van der Waals surface area contributed by atoms with E-state index in [1.54, 1.807) is 0 Å². The largest absolute Gasteiger partial charge is 0.455 e.